The van der Waals surface area contributed by atoms with Crippen LogP contribution in [-0.2, 0) is 11.2 Å². The summed E-state index contributed by atoms with van der Waals surface area (Å²) in [6.07, 6.45) is 3.17. The van der Waals surface area contributed by atoms with Gasteiger partial charge in [0.15, 0.2) is 0 Å². The van der Waals surface area contributed by atoms with Gasteiger partial charge in [-0.05, 0) is 37.0 Å². The fourth-order valence-corrected chi connectivity index (χ4v) is 2.21. The molecule has 0 unspecified atom stereocenters. The number of rotatable bonds is 5. The molecule has 1 aromatic rings. The quantitative estimate of drug-likeness (QED) is 0.650. The van der Waals surface area contributed by atoms with Crippen molar-refractivity contribution in [1.29, 1.82) is 0 Å². The molecule has 1 aliphatic rings. The zero-order valence-corrected chi connectivity index (χ0v) is 11.2. The van der Waals surface area contributed by atoms with Crippen LogP contribution in [0.2, 0.25) is 0 Å². The molecule has 1 heterocycles. The molecule has 3 nitrogen and oxygen atoms in total. The van der Waals surface area contributed by atoms with E-state index < -0.39 is 0 Å². The van der Waals surface area contributed by atoms with Gasteiger partial charge in [0.25, 0.3) is 0 Å². The van der Waals surface area contributed by atoms with Gasteiger partial charge in [0, 0.05) is 24.4 Å². The third kappa shape index (κ3) is 3.47. The zero-order valence-electron chi connectivity index (χ0n) is 11.2. The van der Waals surface area contributed by atoms with Crippen LogP contribution in [0.5, 0.6) is 0 Å². The molecule has 1 fully saturated rings. The summed E-state index contributed by atoms with van der Waals surface area (Å²) < 4.78 is 0. The minimum Gasteiger partial charge on any atom is -0.399 e. The minimum atomic E-state index is 0.165. The van der Waals surface area contributed by atoms with Crippen LogP contribution in [0.3, 0.4) is 0 Å². The van der Waals surface area contributed by atoms with Crippen molar-refractivity contribution < 1.29 is 4.79 Å². The van der Waals surface area contributed by atoms with Crippen LogP contribution < -0.4 is 5.73 Å². The van der Waals surface area contributed by atoms with Crippen molar-refractivity contribution >= 4 is 11.6 Å². The van der Waals surface area contributed by atoms with E-state index in [-0.39, 0.29) is 5.91 Å². The van der Waals surface area contributed by atoms with Crippen LogP contribution in [0.1, 0.15) is 24.8 Å². The first-order valence-corrected chi connectivity index (χ1v) is 6.55. The predicted octanol–water partition coefficient (Wildman–Crippen LogP) is 2.89. The highest BCUT2D eigenvalue weighted by molar-refractivity contribution is 5.81. The molecule has 0 saturated carbocycles. The highest BCUT2D eigenvalue weighted by atomic mass is 16.2. The van der Waals surface area contributed by atoms with Gasteiger partial charge in [-0.25, -0.2) is 0 Å². The van der Waals surface area contributed by atoms with Crippen molar-refractivity contribution in [2.45, 2.75) is 25.7 Å². The molecule has 0 bridgehead atoms. The molecule has 0 aliphatic carbocycles. The fourth-order valence-electron chi connectivity index (χ4n) is 2.21. The molecule has 2 rings (SSSR count). The number of aryl methyl sites for hydroxylation is 1. The molecule has 0 spiro atoms. The molecule has 100 valence electrons. The van der Waals surface area contributed by atoms with E-state index >= 15 is 0 Å². The van der Waals surface area contributed by atoms with Crippen molar-refractivity contribution in [3.63, 3.8) is 0 Å². The molecule has 1 amide bonds. The first kappa shape index (κ1) is 13.4. The monoisotopic (exact) mass is 256 g/mol. The Morgan fingerprint density at radius 2 is 1.95 bits per heavy atom. The Balaban J connectivity index is 1.83. The number of nitrogens with zero attached hydrogens (tertiary/aromatic N) is 1. The van der Waals surface area contributed by atoms with Crippen LogP contribution in [0.15, 0.2) is 48.7 Å². The second-order valence-corrected chi connectivity index (χ2v) is 5.04. The van der Waals surface area contributed by atoms with E-state index in [0.717, 1.165) is 36.2 Å². The van der Waals surface area contributed by atoms with Crippen molar-refractivity contribution in [2.24, 2.45) is 0 Å². The number of nitrogens with two attached hydrogens (primary N) is 1. The van der Waals surface area contributed by atoms with Gasteiger partial charge in [0.1, 0.15) is 0 Å². The van der Waals surface area contributed by atoms with E-state index in [1.165, 1.54) is 5.56 Å². The summed E-state index contributed by atoms with van der Waals surface area (Å²) in [7, 11) is 0. The molecule has 3 heteroatoms. The van der Waals surface area contributed by atoms with Crippen molar-refractivity contribution in [3.8, 4) is 0 Å². The highest BCUT2D eigenvalue weighted by Crippen LogP contribution is 2.22. The standard InChI is InChI=1S/C16H20N2O/c1-12(11-18-13(2)4-10-16(18)19)3-5-14-6-8-15(17)9-7-14/h6-9H,1-5,10-11,17H2. The summed E-state index contributed by atoms with van der Waals surface area (Å²) >= 11 is 0. The van der Waals surface area contributed by atoms with Crippen LogP contribution in [0.25, 0.3) is 0 Å². The second-order valence-electron chi connectivity index (χ2n) is 5.04. The second kappa shape index (κ2) is 5.74. The number of anilines is 1. The largest absolute Gasteiger partial charge is 0.399 e. The molecule has 0 radical (unpaired) electrons. The first-order chi connectivity index (χ1) is 9.06. The smallest absolute Gasteiger partial charge is 0.227 e. The summed E-state index contributed by atoms with van der Waals surface area (Å²) in [5, 5.41) is 0. The Bertz CT molecular complexity index is 486. The maximum absolute atomic E-state index is 11.6. The molecule has 0 aromatic heterocycles. The zero-order chi connectivity index (χ0) is 13.8. The Morgan fingerprint density at radius 3 is 2.53 bits per heavy atom. The Kier molecular flexibility index (Phi) is 4.05. The van der Waals surface area contributed by atoms with E-state index in [4.69, 9.17) is 5.73 Å². The fraction of sp³-hybridized carbons (Fsp3) is 0.312. The summed E-state index contributed by atoms with van der Waals surface area (Å²) in [5.41, 5.74) is 9.65. The van der Waals surface area contributed by atoms with Gasteiger partial charge in [-0.15, -0.1) is 0 Å². The summed E-state index contributed by atoms with van der Waals surface area (Å²) in [4.78, 5) is 13.4. The van der Waals surface area contributed by atoms with E-state index in [1.807, 2.05) is 24.3 Å². The van der Waals surface area contributed by atoms with E-state index in [0.29, 0.717) is 13.0 Å². The molecule has 1 saturated heterocycles. The number of allylic oxidation sites excluding steroid dienone is 1. The number of carbonyl (C=O) groups is 1. The summed E-state index contributed by atoms with van der Waals surface area (Å²) in [5.74, 6) is 0.165. The van der Waals surface area contributed by atoms with Gasteiger partial charge in [-0.3, -0.25) is 4.79 Å². The van der Waals surface area contributed by atoms with Crippen molar-refractivity contribution in [2.75, 3.05) is 12.3 Å². The maximum Gasteiger partial charge on any atom is 0.227 e. The van der Waals surface area contributed by atoms with E-state index in [2.05, 4.69) is 13.2 Å². The number of nitrogen functional groups attached to an aromatic ring is 1. The number of benzene rings is 1. The maximum atomic E-state index is 11.6. The number of amides is 1. The van der Waals surface area contributed by atoms with Gasteiger partial charge < -0.3 is 10.6 Å². The lowest BCUT2D eigenvalue weighted by Gasteiger charge is -2.18. The van der Waals surface area contributed by atoms with Gasteiger partial charge in [-0.1, -0.05) is 30.9 Å². The van der Waals surface area contributed by atoms with Gasteiger partial charge in [-0.2, -0.15) is 0 Å². The van der Waals surface area contributed by atoms with Gasteiger partial charge in [0.2, 0.25) is 5.91 Å². The lowest BCUT2D eigenvalue weighted by molar-refractivity contribution is -0.126. The van der Waals surface area contributed by atoms with E-state index in [1.54, 1.807) is 4.90 Å². The average molecular weight is 256 g/mol. The van der Waals surface area contributed by atoms with E-state index in [9.17, 15) is 4.79 Å². The van der Waals surface area contributed by atoms with Crippen LogP contribution in [-0.4, -0.2) is 17.4 Å². The third-order valence-electron chi connectivity index (χ3n) is 3.44. The molecule has 19 heavy (non-hydrogen) atoms. The number of carbonyl (C=O) groups excluding carboxylic acids is 1. The summed E-state index contributed by atoms with van der Waals surface area (Å²) in [6, 6.07) is 7.87. The topological polar surface area (TPSA) is 46.3 Å². The predicted molar refractivity (Wildman–Crippen MR) is 78.4 cm³/mol. The highest BCUT2D eigenvalue weighted by Gasteiger charge is 2.23. The van der Waals surface area contributed by atoms with Crippen molar-refractivity contribution in [1.82, 2.24) is 4.90 Å². The molecular formula is C16H20N2O. The van der Waals surface area contributed by atoms with Crippen LogP contribution >= 0.6 is 0 Å². The van der Waals surface area contributed by atoms with Crippen LogP contribution in [0, 0.1) is 0 Å². The normalized spacial score (nSPS) is 15.1. The Labute approximate surface area is 114 Å². The minimum absolute atomic E-state index is 0.165. The van der Waals surface area contributed by atoms with Gasteiger partial charge in [0.05, 0.1) is 0 Å². The lowest BCUT2D eigenvalue weighted by Crippen LogP contribution is -2.25. The Hall–Kier alpha value is -2.03. The third-order valence-corrected chi connectivity index (χ3v) is 3.44. The number of hydrogen-bond acceptors (Lipinski definition) is 2. The molecule has 1 aliphatic heterocycles. The van der Waals surface area contributed by atoms with Gasteiger partial charge >= 0.3 is 0 Å². The number of hydrogen-bond donors (Lipinski definition) is 1. The van der Waals surface area contributed by atoms with Crippen molar-refractivity contribution in [3.05, 3.63) is 54.3 Å². The summed E-state index contributed by atoms with van der Waals surface area (Å²) in [6.45, 7) is 8.58. The molecule has 2 N–H and O–H groups in total. The average Bonchev–Trinajstić information content (AvgIpc) is 2.70. The SMILES string of the molecule is C=C(CCc1ccc(N)cc1)CN1C(=C)CCC1=O. The molecule has 1 aromatic carbocycles. The van der Waals surface area contributed by atoms with Crippen LogP contribution in [0.4, 0.5) is 5.69 Å². The molecular weight excluding hydrogens is 236 g/mol. The lowest BCUT2D eigenvalue weighted by atomic mass is 10.0. The number of likely N-dealkylation sites (tertiary alicyclic amines) is 1. The first-order valence-electron chi connectivity index (χ1n) is 6.55. The Morgan fingerprint density at radius 1 is 1.26 bits per heavy atom. The molecule has 0 atom stereocenters.